The molecule has 0 aliphatic rings. The molecule has 0 unspecified atom stereocenters. The van der Waals surface area contributed by atoms with Gasteiger partial charge in [0, 0.05) is 23.1 Å². The van der Waals surface area contributed by atoms with Crippen LogP contribution in [-0.4, -0.2) is 32.5 Å². The summed E-state index contributed by atoms with van der Waals surface area (Å²) in [5.74, 6) is 0.0385. The minimum Gasteiger partial charge on any atom is -0.325 e. The smallest absolute Gasteiger partial charge is 0.323 e. The Balaban J connectivity index is 1.53. The zero-order valence-corrected chi connectivity index (χ0v) is 16.9. The Morgan fingerprint density at radius 3 is 2.34 bits per heavy atom. The summed E-state index contributed by atoms with van der Waals surface area (Å²) in [6.45, 7) is 4.06. The largest absolute Gasteiger partial charge is 0.325 e. The van der Waals surface area contributed by atoms with E-state index in [1.54, 1.807) is 42.7 Å². The highest BCUT2D eigenvalue weighted by molar-refractivity contribution is 7.99. The summed E-state index contributed by atoms with van der Waals surface area (Å²) in [7, 11) is 0. The number of carbonyl (C=O) groups excluding carboxylic acids is 2. The van der Waals surface area contributed by atoms with Crippen LogP contribution in [0.15, 0.2) is 66.1 Å². The molecule has 8 nitrogen and oxygen atoms in total. The predicted molar refractivity (Wildman–Crippen MR) is 115 cm³/mol. The molecule has 3 N–H and O–H groups in total. The molecule has 0 bridgehead atoms. The van der Waals surface area contributed by atoms with Crippen molar-refractivity contribution in [2.45, 2.75) is 25.0 Å². The standard InChI is InChI=1S/C20H22N6O2S/c1-14(2)26-13-21-25-20(26)29-12-18(27)22-16-9-6-10-17(11-16)24-19(28)23-15-7-4-3-5-8-15/h3-11,13-14H,12H2,1-2H3,(H,22,27)(H2,23,24,28). The lowest BCUT2D eigenvalue weighted by Gasteiger charge is -2.11. The molecule has 0 radical (unpaired) electrons. The summed E-state index contributed by atoms with van der Waals surface area (Å²) in [5.41, 5.74) is 1.86. The zero-order valence-electron chi connectivity index (χ0n) is 16.1. The van der Waals surface area contributed by atoms with Gasteiger partial charge in [-0.3, -0.25) is 4.79 Å². The highest BCUT2D eigenvalue weighted by atomic mass is 32.2. The number of hydrogen-bond acceptors (Lipinski definition) is 5. The van der Waals surface area contributed by atoms with Crippen molar-refractivity contribution in [3.05, 3.63) is 60.9 Å². The first kappa shape index (κ1) is 20.4. The summed E-state index contributed by atoms with van der Waals surface area (Å²) in [5, 5.41) is 16.9. The summed E-state index contributed by atoms with van der Waals surface area (Å²) < 4.78 is 1.91. The molecule has 0 spiro atoms. The molecule has 2 aromatic carbocycles. The predicted octanol–water partition coefficient (Wildman–Crippen LogP) is 4.23. The lowest BCUT2D eigenvalue weighted by Crippen LogP contribution is -2.19. The molecule has 0 saturated heterocycles. The second-order valence-corrected chi connectivity index (χ2v) is 7.42. The Kier molecular flexibility index (Phi) is 6.85. The molecular formula is C20H22N6O2S. The van der Waals surface area contributed by atoms with Gasteiger partial charge in [0.1, 0.15) is 6.33 Å². The fraction of sp³-hybridized carbons (Fsp3) is 0.200. The van der Waals surface area contributed by atoms with Gasteiger partial charge in [0.15, 0.2) is 5.16 Å². The van der Waals surface area contributed by atoms with Crippen molar-refractivity contribution in [2.24, 2.45) is 0 Å². The van der Waals surface area contributed by atoms with Gasteiger partial charge in [0.25, 0.3) is 0 Å². The van der Waals surface area contributed by atoms with E-state index in [4.69, 9.17) is 0 Å². The number of urea groups is 1. The van der Waals surface area contributed by atoms with E-state index in [-0.39, 0.29) is 23.7 Å². The average molecular weight is 411 g/mol. The zero-order chi connectivity index (χ0) is 20.6. The second-order valence-electron chi connectivity index (χ2n) is 6.48. The molecule has 0 aliphatic carbocycles. The van der Waals surface area contributed by atoms with Gasteiger partial charge in [-0.05, 0) is 44.2 Å². The SMILES string of the molecule is CC(C)n1cnnc1SCC(=O)Nc1cccc(NC(=O)Nc2ccccc2)c1. The highest BCUT2D eigenvalue weighted by Gasteiger charge is 2.11. The molecule has 3 aromatic rings. The van der Waals surface area contributed by atoms with Crippen molar-refractivity contribution in [1.29, 1.82) is 0 Å². The van der Waals surface area contributed by atoms with Crippen LogP contribution in [0.25, 0.3) is 0 Å². The Bertz CT molecular complexity index is 974. The molecule has 29 heavy (non-hydrogen) atoms. The molecule has 3 rings (SSSR count). The van der Waals surface area contributed by atoms with E-state index in [9.17, 15) is 9.59 Å². The normalized spacial score (nSPS) is 10.6. The van der Waals surface area contributed by atoms with Crippen molar-refractivity contribution >= 4 is 40.8 Å². The van der Waals surface area contributed by atoms with Crippen molar-refractivity contribution < 1.29 is 9.59 Å². The van der Waals surface area contributed by atoms with Gasteiger partial charge < -0.3 is 20.5 Å². The van der Waals surface area contributed by atoms with Crippen molar-refractivity contribution in [1.82, 2.24) is 14.8 Å². The lowest BCUT2D eigenvalue weighted by molar-refractivity contribution is -0.113. The number of anilines is 3. The van der Waals surface area contributed by atoms with E-state index in [2.05, 4.69) is 26.1 Å². The minimum atomic E-state index is -0.358. The van der Waals surface area contributed by atoms with Crippen molar-refractivity contribution in [3.63, 3.8) is 0 Å². The van der Waals surface area contributed by atoms with Crippen LogP contribution in [0.2, 0.25) is 0 Å². The maximum Gasteiger partial charge on any atom is 0.323 e. The van der Waals surface area contributed by atoms with Crippen LogP contribution >= 0.6 is 11.8 Å². The van der Waals surface area contributed by atoms with E-state index < -0.39 is 0 Å². The van der Waals surface area contributed by atoms with E-state index in [0.717, 1.165) is 0 Å². The van der Waals surface area contributed by atoms with E-state index >= 15 is 0 Å². The van der Waals surface area contributed by atoms with Gasteiger partial charge in [-0.2, -0.15) is 0 Å². The van der Waals surface area contributed by atoms with E-state index in [1.807, 2.05) is 36.6 Å². The van der Waals surface area contributed by atoms with Crippen LogP contribution in [0.4, 0.5) is 21.9 Å². The molecule has 0 saturated carbocycles. The topological polar surface area (TPSA) is 101 Å². The molecule has 1 heterocycles. The Morgan fingerprint density at radius 1 is 0.966 bits per heavy atom. The number of nitrogens with zero attached hydrogens (tertiary/aromatic N) is 3. The first-order valence-electron chi connectivity index (χ1n) is 9.06. The molecule has 0 aliphatic heterocycles. The number of nitrogens with one attached hydrogen (secondary N) is 3. The Hall–Kier alpha value is -3.33. The number of hydrogen-bond donors (Lipinski definition) is 3. The third-order valence-electron chi connectivity index (χ3n) is 3.86. The molecule has 0 fully saturated rings. The number of rotatable bonds is 7. The van der Waals surface area contributed by atoms with Gasteiger partial charge in [-0.1, -0.05) is 36.0 Å². The first-order chi connectivity index (χ1) is 14.0. The molecular weight excluding hydrogens is 388 g/mol. The Labute approximate surface area is 173 Å². The highest BCUT2D eigenvalue weighted by Crippen LogP contribution is 2.20. The van der Waals surface area contributed by atoms with Gasteiger partial charge in [0.05, 0.1) is 5.75 Å². The molecule has 1 aromatic heterocycles. The number of carbonyl (C=O) groups is 2. The average Bonchev–Trinajstić information content (AvgIpc) is 3.16. The van der Waals surface area contributed by atoms with Crippen molar-refractivity contribution in [3.8, 4) is 0 Å². The fourth-order valence-corrected chi connectivity index (χ4v) is 3.35. The van der Waals surface area contributed by atoms with E-state index in [0.29, 0.717) is 22.2 Å². The van der Waals surface area contributed by atoms with E-state index in [1.165, 1.54) is 11.8 Å². The molecule has 9 heteroatoms. The number of amides is 3. The van der Waals surface area contributed by atoms with Crippen LogP contribution in [0.3, 0.4) is 0 Å². The van der Waals surface area contributed by atoms with Crippen LogP contribution in [0, 0.1) is 0 Å². The summed E-state index contributed by atoms with van der Waals surface area (Å²) in [6.07, 6.45) is 1.65. The van der Waals surface area contributed by atoms with Crippen LogP contribution in [-0.2, 0) is 4.79 Å². The Morgan fingerprint density at radius 2 is 1.62 bits per heavy atom. The number of aromatic nitrogens is 3. The maximum atomic E-state index is 12.3. The number of thioether (sulfide) groups is 1. The van der Waals surface area contributed by atoms with Crippen LogP contribution in [0.5, 0.6) is 0 Å². The van der Waals surface area contributed by atoms with Gasteiger partial charge in [0.2, 0.25) is 5.91 Å². The molecule has 3 amide bonds. The third kappa shape index (κ3) is 6.08. The monoisotopic (exact) mass is 410 g/mol. The molecule has 0 atom stereocenters. The number of benzene rings is 2. The van der Waals surface area contributed by atoms with Crippen molar-refractivity contribution in [2.75, 3.05) is 21.7 Å². The maximum absolute atomic E-state index is 12.3. The number of para-hydroxylation sites is 1. The fourth-order valence-electron chi connectivity index (χ4n) is 2.51. The molecule has 150 valence electrons. The van der Waals surface area contributed by atoms with Gasteiger partial charge in [-0.25, -0.2) is 4.79 Å². The van der Waals surface area contributed by atoms with Gasteiger partial charge >= 0.3 is 6.03 Å². The second kappa shape index (κ2) is 9.74. The van der Waals surface area contributed by atoms with Gasteiger partial charge in [-0.15, -0.1) is 10.2 Å². The lowest BCUT2D eigenvalue weighted by atomic mass is 10.2. The summed E-state index contributed by atoms with van der Waals surface area (Å²) in [6, 6.07) is 16.0. The quantitative estimate of drug-likeness (QED) is 0.506. The first-order valence-corrected chi connectivity index (χ1v) is 10.0. The third-order valence-corrected chi connectivity index (χ3v) is 4.82. The minimum absolute atomic E-state index is 0.167. The summed E-state index contributed by atoms with van der Waals surface area (Å²) in [4.78, 5) is 24.4. The van der Waals surface area contributed by atoms with Crippen LogP contribution < -0.4 is 16.0 Å². The van der Waals surface area contributed by atoms with Crippen LogP contribution in [0.1, 0.15) is 19.9 Å². The summed E-state index contributed by atoms with van der Waals surface area (Å²) >= 11 is 1.32.